The number of nitrogens with zero attached hydrogens (tertiary/aromatic N) is 2. The number of amides is 3. The summed E-state index contributed by atoms with van der Waals surface area (Å²) < 4.78 is 5.40. The summed E-state index contributed by atoms with van der Waals surface area (Å²) in [4.78, 5) is 28.2. The van der Waals surface area contributed by atoms with Gasteiger partial charge in [-0.25, -0.2) is 9.59 Å². The monoisotopic (exact) mass is 339 g/mol. The van der Waals surface area contributed by atoms with Crippen LogP contribution in [0, 0.1) is 5.92 Å². The number of carbonyl (C=O) groups excluding carboxylic acids is 2. The molecule has 1 atom stereocenters. The molecule has 0 aromatic carbocycles. The maximum absolute atomic E-state index is 12.4. The maximum Gasteiger partial charge on any atom is 0.410 e. The van der Waals surface area contributed by atoms with Crippen LogP contribution in [0.4, 0.5) is 9.59 Å². The summed E-state index contributed by atoms with van der Waals surface area (Å²) in [7, 11) is 0. The molecule has 1 unspecified atom stereocenters. The summed E-state index contributed by atoms with van der Waals surface area (Å²) in [6, 6.07) is 0.205. The van der Waals surface area contributed by atoms with E-state index in [1.54, 1.807) is 4.90 Å². The Balaban J connectivity index is 1.74. The van der Waals surface area contributed by atoms with E-state index in [1.807, 2.05) is 25.7 Å². The molecular formula is C18H33N3O3. The van der Waals surface area contributed by atoms with Crippen molar-refractivity contribution in [3.8, 4) is 0 Å². The lowest BCUT2D eigenvalue weighted by molar-refractivity contribution is 0.0200. The molecule has 1 N–H and O–H groups in total. The molecule has 2 saturated heterocycles. The summed E-state index contributed by atoms with van der Waals surface area (Å²) in [5.41, 5.74) is -0.466. The van der Waals surface area contributed by atoms with Gasteiger partial charge in [0.15, 0.2) is 0 Å². The highest BCUT2D eigenvalue weighted by atomic mass is 16.6. The molecule has 0 spiro atoms. The van der Waals surface area contributed by atoms with Gasteiger partial charge in [0.1, 0.15) is 5.60 Å². The molecule has 138 valence electrons. The number of nitrogens with one attached hydrogen (secondary N) is 1. The molecule has 0 aromatic heterocycles. The summed E-state index contributed by atoms with van der Waals surface area (Å²) in [5, 5.41) is 3.15. The number of ether oxygens (including phenoxy) is 1. The van der Waals surface area contributed by atoms with Crippen LogP contribution in [0.25, 0.3) is 0 Å². The van der Waals surface area contributed by atoms with Crippen molar-refractivity contribution in [1.29, 1.82) is 0 Å². The average Bonchev–Trinajstić information content (AvgIpc) is 2.71. The van der Waals surface area contributed by atoms with Gasteiger partial charge < -0.3 is 19.9 Å². The first-order valence-corrected chi connectivity index (χ1v) is 9.28. The number of piperidine rings is 1. The number of hydrogen-bond acceptors (Lipinski definition) is 3. The normalized spacial score (nSPS) is 23.6. The minimum absolute atomic E-state index is 0.0554. The highest BCUT2D eigenvalue weighted by Gasteiger charge is 2.28. The van der Waals surface area contributed by atoms with Gasteiger partial charge >= 0.3 is 12.1 Å². The molecule has 0 saturated carbocycles. The SMILES string of the molecule is CC1CCCN(C(=O)NC2CCN(C(=O)OC(C)(C)C)CC2)CC1. The van der Waals surface area contributed by atoms with Crippen LogP contribution < -0.4 is 5.32 Å². The highest BCUT2D eigenvalue weighted by molar-refractivity contribution is 5.74. The van der Waals surface area contributed by atoms with Gasteiger partial charge in [0, 0.05) is 32.2 Å². The third kappa shape index (κ3) is 5.87. The quantitative estimate of drug-likeness (QED) is 0.798. The lowest BCUT2D eigenvalue weighted by Gasteiger charge is -2.34. The van der Waals surface area contributed by atoms with E-state index in [2.05, 4.69) is 12.2 Å². The fourth-order valence-corrected chi connectivity index (χ4v) is 3.26. The van der Waals surface area contributed by atoms with E-state index in [1.165, 1.54) is 6.42 Å². The Bertz CT molecular complexity index is 439. The lowest BCUT2D eigenvalue weighted by atomic mass is 10.0. The fraction of sp³-hybridized carbons (Fsp3) is 0.889. The minimum Gasteiger partial charge on any atom is -0.444 e. The van der Waals surface area contributed by atoms with Crippen molar-refractivity contribution < 1.29 is 14.3 Å². The molecule has 0 aliphatic carbocycles. The molecule has 6 heteroatoms. The first-order valence-electron chi connectivity index (χ1n) is 9.28. The molecule has 3 amide bonds. The van der Waals surface area contributed by atoms with E-state index in [4.69, 9.17) is 4.74 Å². The van der Waals surface area contributed by atoms with Gasteiger partial charge in [-0.05, 0) is 58.8 Å². The smallest absolute Gasteiger partial charge is 0.410 e. The standard InChI is InChI=1S/C18H33N3O3/c1-14-6-5-10-20(11-7-14)16(22)19-15-8-12-21(13-9-15)17(23)24-18(2,3)4/h14-15H,5-13H2,1-4H3,(H,19,22). The Morgan fingerprint density at radius 3 is 2.21 bits per heavy atom. The topological polar surface area (TPSA) is 61.9 Å². The number of hydrogen-bond donors (Lipinski definition) is 1. The zero-order valence-corrected chi connectivity index (χ0v) is 15.6. The van der Waals surface area contributed by atoms with Crippen LogP contribution in [0.2, 0.25) is 0 Å². The van der Waals surface area contributed by atoms with Gasteiger partial charge in [0.25, 0.3) is 0 Å². The van der Waals surface area contributed by atoms with Crippen LogP contribution in [0.1, 0.15) is 59.8 Å². The predicted molar refractivity (Wildman–Crippen MR) is 93.9 cm³/mol. The molecule has 6 nitrogen and oxygen atoms in total. The van der Waals surface area contributed by atoms with E-state index in [0.717, 1.165) is 38.8 Å². The zero-order chi connectivity index (χ0) is 17.7. The third-order valence-corrected chi connectivity index (χ3v) is 4.78. The summed E-state index contributed by atoms with van der Waals surface area (Å²) >= 11 is 0. The Kier molecular flexibility index (Phi) is 6.35. The van der Waals surface area contributed by atoms with Crippen molar-refractivity contribution in [1.82, 2.24) is 15.1 Å². The Hall–Kier alpha value is -1.46. The molecule has 0 aromatic rings. The molecule has 2 rings (SSSR count). The van der Waals surface area contributed by atoms with Crippen LogP contribution in [0.3, 0.4) is 0 Å². The lowest BCUT2D eigenvalue weighted by Crippen LogP contribution is -2.51. The molecule has 2 aliphatic heterocycles. The van der Waals surface area contributed by atoms with Gasteiger partial charge in [-0.1, -0.05) is 6.92 Å². The van der Waals surface area contributed by atoms with Crippen LogP contribution in [0.5, 0.6) is 0 Å². The van der Waals surface area contributed by atoms with Crippen LogP contribution in [-0.2, 0) is 4.74 Å². The number of carbonyl (C=O) groups is 2. The molecule has 2 fully saturated rings. The van der Waals surface area contributed by atoms with Gasteiger partial charge in [-0.3, -0.25) is 0 Å². The van der Waals surface area contributed by atoms with Gasteiger partial charge in [-0.15, -0.1) is 0 Å². The maximum atomic E-state index is 12.4. The predicted octanol–water partition coefficient (Wildman–Crippen LogP) is 3.22. The van der Waals surface area contributed by atoms with Crippen molar-refractivity contribution in [2.45, 2.75) is 71.4 Å². The second kappa shape index (κ2) is 8.08. The van der Waals surface area contributed by atoms with E-state index in [0.29, 0.717) is 19.0 Å². The van der Waals surface area contributed by atoms with E-state index in [9.17, 15) is 9.59 Å². The Morgan fingerprint density at radius 2 is 1.58 bits per heavy atom. The van der Waals surface area contributed by atoms with Crippen LogP contribution in [0.15, 0.2) is 0 Å². The number of rotatable bonds is 1. The first-order chi connectivity index (χ1) is 11.2. The molecule has 2 aliphatic rings. The first kappa shape index (κ1) is 18.9. The van der Waals surface area contributed by atoms with Crippen molar-refractivity contribution in [2.24, 2.45) is 5.92 Å². The highest BCUT2D eigenvalue weighted by Crippen LogP contribution is 2.18. The third-order valence-electron chi connectivity index (χ3n) is 4.78. The fourth-order valence-electron chi connectivity index (χ4n) is 3.26. The largest absolute Gasteiger partial charge is 0.444 e. The van der Waals surface area contributed by atoms with Gasteiger partial charge in [-0.2, -0.15) is 0 Å². The second-order valence-corrected chi connectivity index (χ2v) is 8.21. The second-order valence-electron chi connectivity index (χ2n) is 8.21. The molecule has 0 bridgehead atoms. The van der Waals surface area contributed by atoms with E-state index in [-0.39, 0.29) is 18.2 Å². The molecular weight excluding hydrogens is 306 g/mol. The summed E-state index contributed by atoms with van der Waals surface area (Å²) in [6.07, 6.45) is 4.70. The molecule has 0 radical (unpaired) electrons. The summed E-state index contributed by atoms with van der Waals surface area (Å²) in [6.45, 7) is 10.9. The average molecular weight is 339 g/mol. The Labute approximate surface area is 145 Å². The molecule has 2 heterocycles. The van der Waals surface area contributed by atoms with Crippen molar-refractivity contribution in [3.05, 3.63) is 0 Å². The molecule has 24 heavy (non-hydrogen) atoms. The van der Waals surface area contributed by atoms with E-state index < -0.39 is 5.60 Å². The van der Waals surface area contributed by atoms with Crippen molar-refractivity contribution in [2.75, 3.05) is 26.2 Å². The van der Waals surface area contributed by atoms with Crippen LogP contribution >= 0.6 is 0 Å². The zero-order valence-electron chi connectivity index (χ0n) is 15.6. The number of likely N-dealkylation sites (tertiary alicyclic amines) is 2. The van der Waals surface area contributed by atoms with Crippen molar-refractivity contribution in [3.63, 3.8) is 0 Å². The summed E-state index contributed by atoms with van der Waals surface area (Å²) in [5.74, 6) is 0.708. The minimum atomic E-state index is -0.466. The Morgan fingerprint density at radius 1 is 0.958 bits per heavy atom. The number of urea groups is 1. The van der Waals surface area contributed by atoms with Crippen molar-refractivity contribution >= 4 is 12.1 Å². The van der Waals surface area contributed by atoms with E-state index >= 15 is 0 Å². The van der Waals surface area contributed by atoms with Gasteiger partial charge in [0.2, 0.25) is 0 Å². The van der Waals surface area contributed by atoms with Gasteiger partial charge in [0.05, 0.1) is 0 Å². The van der Waals surface area contributed by atoms with Crippen LogP contribution in [-0.4, -0.2) is 59.7 Å².